The van der Waals surface area contributed by atoms with Crippen molar-refractivity contribution in [1.82, 2.24) is 0 Å². The van der Waals surface area contributed by atoms with Crippen LogP contribution in [0.4, 0.5) is 0 Å². The first-order valence-corrected chi connectivity index (χ1v) is 9.09. The van der Waals surface area contributed by atoms with E-state index in [2.05, 4.69) is 0 Å². The first-order valence-electron chi connectivity index (χ1n) is 7.61. The molecular weight excluding hydrogens is 262 g/mol. The van der Waals surface area contributed by atoms with Crippen molar-refractivity contribution >= 4 is 10.1 Å². The van der Waals surface area contributed by atoms with Gasteiger partial charge in [0.05, 0.1) is 11.4 Å². The summed E-state index contributed by atoms with van der Waals surface area (Å²) in [4.78, 5) is 0. The summed E-state index contributed by atoms with van der Waals surface area (Å²) in [7, 11) is -3.42. The van der Waals surface area contributed by atoms with E-state index in [1.165, 1.54) is 6.42 Å². The van der Waals surface area contributed by atoms with Crippen LogP contribution < -0.4 is 5.73 Å². The Hall–Kier alpha value is -0.130. The zero-order valence-corrected chi connectivity index (χ0v) is 12.4. The lowest BCUT2D eigenvalue weighted by Gasteiger charge is -2.53. The summed E-state index contributed by atoms with van der Waals surface area (Å²) in [5.41, 5.74) is 5.47. The standard InChI is InChI=1S/C14H25NO3S/c1-9(2-3-15)18-19(16,17)14-12-5-10-4-11(7-12)8-13(14)6-10/h9-14H,2-8,15H2,1H3. The maximum absolute atomic E-state index is 12.5. The topological polar surface area (TPSA) is 69.4 Å². The molecule has 0 saturated heterocycles. The smallest absolute Gasteiger partial charge is 0.271 e. The van der Waals surface area contributed by atoms with Crippen LogP contribution in [0.5, 0.6) is 0 Å². The van der Waals surface area contributed by atoms with Gasteiger partial charge in [-0.2, -0.15) is 8.42 Å². The molecular formula is C14H25NO3S. The van der Waals surface area contributed by atoms with Gasteiger partial charge < -0.3 is 5.73 Å². The van der Waals surface area contributed by atoms with Gasteiger partial charge in [-0.15, -0.1) is 0 Å². The lowest BCUT2D eigenvalue weighted by Crippen LogP contribution is -2.52. The van der Waals surface area contributed by atoms with Crippen molar-refractivity contribution < 1.29 is 12.6 Å². The number of hydrogen-bond donors (Lipinski definition) is 1. The van der Waals surface area contributed by atoms with Gasteiger partial charge in [0.2, 0.25) is 0 Å². The first kappa shape index (κ1) is 13.8. The second kappa shape index (κ2) is 5.01. The van der Waals surface area contributed by atoms with E-state index in [1.54, 1.807) is 6.92 Å². The normalized spacial score (nSPS) is 42.5. The van der Waals surface area contributed by atoms with Gasteiger partial charge in [0, 0.05) is 0 Å². The third-order valence-electron chi connectivity index (χ3n) is 5.35. The van der Waals surface area contributed by atoms with Gasteiger partial charge in [0.1, 0.15) is 0 Å². The maximum atomic E-state index is 12.5. The molecule has 5 heteroatoms. The summed E-state index contributed by atoms with van der Waals surface area (Å²) in [6.07, 6.45) is 6.07. The van der Waals surface area contributed by atoms with Gasteiger partial charge in [-0.05, 0) is 75.7 Å². The highest BCUT2D eigenvalue weighted by Crippen LogP contribution is 2.55. The summed E-state index contributed by atoms with van der Waals surface area (Å²) in [6, 6.07) is 0. The number of hydrogen-bond acceptors (Lipinski definition) is 4. The molecule has 4 aliphatic carbocycles. The second-order valence-corrected chi connectivity index (χ2v) is 8.59. The van der Waals surface area contributed by atoms with Crippen LogP contribution in [0.15, 0.2) is 0 Å². The number of nitrogens with two attached hydrogens (primary N) is 1. The molecule has 2 N–H and O–H groups in total. The molecule has 0 aromatic rings. The van der Waals surface area contributed by atoms with Crippen LogP contribution in [-0.2, 0) is 14.3 Å². The minimum Gasteiger partial charge on any atom is -0.330 e. The van der Waals surface area contributed by atoms with Crippen LogP contribution in [0.2, 0.25) is 0 Å². The largest absolute Gasteiger partial charge is 0.330 e. The van der Waals surface area contributed by atoms with Gasteiger partial charge in [-0.3, -0.25) is 4.18 Å². The molecule has 4 saturated carbocycles. The summed E-state index contributed by atoms with van der Waals surface area (Å²) < 4.78 is 30.5. The third kappa shape index (κ3) is 2.57. The Bertz CT molecular complexity index is 406. The van der Waals surface area contributed by atoms with E-state index in [0.717, 1.165) is 37.5 Å². The van der Waals surface area contributed by atoms with Crippen molar-refractivity contribution in [3.63, 3.8) is 0 Å². The predicted molar refractivity (Wildman–Crippen MR) is 74.0 cm³/mol. The van der Waals surface area contributed by atoms with Crippen LogP contribution >= 0.6 is 0 Å². The Labute approximate surface area is 116 Å². The fourth-order valence-corrected chi connectivity index (χ4v) is 6.99. The Morgan fingerprint density at radius 2 is 1.63 bits per heavy atom. The molecule has 0 radical (unpaired) electrons. The van der Waals surface area contributed by atoms with Gasteiger partial charge in [-0.25, -0.2) is 0 Å². The summed E-state index contributed by atoms with van der Waals surface area (Å²) >= 11 is 0. The SMILES string of the molecule is CC(CCN)OS(=O)(=O)C1C2CC3CC(C2)CC1C3. The van der Waals surface area contributed by atoms with Crippen molar-refractivity contribution in [2.75, 3.05) is 6.54 Å². The Kier molecular flexibility index (Phi) is 3.65. The lowest BCUT2D eigenvalue weighted by atomic mass is 9.56. The highest BCUT2D eigenvalue weighted by molar-refractivity contribution is 7.87. The van der Waals surface area contributed by atoms with E-state index >= 15 is 0 Å². The van der Waals surface area contributed by atoms with Crippen molar-refractivity contribution in [1.29, 1.82) is 0 Å². The average Bonchev–Trinajstić information content (AvgIpc) is 2.25. The molecule has 19 heavy (non-hydrogen) atoms. The molecule has 1 atom stereocenters. The van der Waals surface area contributed by atoms with Crippen LogP contribution in [0.1, 0.15) is 45.4 Å². The van der Waals surface area contributed by atoms with E-state index in [9.17, 15) is 8.42 Å². The van der Waals surface area contributed by atoms with E-state index in [-0.39, 0.29) is 11.4 Å². The lowest BCUT2D eigenvalue weighted by molar-refractivity contribution is 0.0187. The minimum absolute atomic E-state index is 0.236. The van der Waals surface area contributed by atoms with Crippen LogP contribution in [0.3, 0.4) is 0 Å². The van der Waals surface area contributed by atoms with E-state index in [1.807, 2.05) is 0 Å². The Balaban J connectivity index is 1.74. The maximum Gasteiger partial charge on any atom is 0.271 e. The second-order valence-electron chi connectivity index (χ2n) is 6.87. The fraction of sp³-hybridized carbons (Fsp3) is 1.00. The van der Waals surface area contributed by atoms with Gasteiger partial charge >= 0.3 is 0 Å². The average molecular weight is 287 g/mol. The van der Waals surface area contributed by atoms with Gasteiger partial charge in [-0.1, -0.05) is 0 Å². The molecule has 4 nitrogen and oxygen atoms in total. The molecule has 0 amide bonds. The van der Waals surface area contributed by atoms with Crippen LogP contribution in [-0.4, -0.2) is 26.3 Å². The minimum atomic E-state index is -3.42. The van der Waals surface area contributed by atoms with E-state index in [0.29, 0.717) is 24.8 Å². The Morgan fingerprint density at radius 3 is 2.11 bits per heavy atom. The first-order chi connectivity index (χ1) is 8.99. The molecule has 0 spiro atoms. The van der Waals surface area contributed by atoms with Gasteiger partial charge in [0.25, 0.3) is 10.1 Å². The van der Waals surface area contributed by atoms with Crippen molar-refractivity contribution in [2.24, 2.45) is 29.4 Å². The molecule has 0 aliphatic heterocycles. The summed E-state index contributed by atoms with van der Waals surface area (Å²) in [6.45, 7) is 2.28. The summed E-state index contributed by atoms with van der Waals surface area (Å²) in [5, 5.41) is -0.236. The molecule has 0 aromatic heterocycles. The van der Waals surface area contributed by atoms with Crippen molar-refractivity contribution in [3.8, 4) is 0 Å². The molecule has 0 heterocycles. The zero-order valence-electron chi connectivity index (χ0n) is 11.6. The quantitative estimate of drug-likeness (QED) is 0.784. The molecule has 4 rings (SSSR count). The fourth-order valence-electron chi connectivity index (χ4n) is 4.92. The Morgan fingerprint density at radius 1 is 1.11 bits per heavy atom. The third-order valence-corrected chi connectivity index (χ3v) is 7.38. The van der Waals surface area contributed by atoms with Crippen LogP contribution in [0, 0.1) is 23.7 Å². The monoisotopic (exact) mass is 287 g/mol. The molecule has 4 fully saturated rings. The van der Waals surface area contributed by atoms with E-state index < -0.39 is 10.1 Å². The molecule has 1 unspecified atom stereocenters. The van der Waals surface area contributed by atoms with E-state index in [4.69, 9.17) is 9.92 Å². The highest BCUT2D eigenvalue weighted by Gasteiger charge is 2.53. The predicted octanol–water partition coefficient (Wildman–Crippen LogP) is 1.89. The van der Waals surface area contributed by atoms with Gasteiger partial charge in [0.15, 0.2) is 0 Å². The van der Waals surface area contributed by atoms with Crippen molar-refractivity contribution in [3.05, 3.63) is 0 Å². The number of rotatable bonds is 5. The van der Waals surface area contributed by atoms with Crippen molar-refractivity contribution in [2.45, 2.75) is 56.8 Å². The zero-order chi connectivity index (χ0) is 13.6. The highest BCUT2D eigenvalue weighted by atomic mass is 32.2. The molecule has 0 aromatic carbocycles. The molecule has 110 valence electrons. The molecule has 4 bridgehead atoms. The van der Waals surface area contributed by atoms with Crippen LogP contribution in [0.25, 0.3) is 0 Å². The summed E-state index contributed by atoms with van der Waals surface area (Å²) in [5.74, 6) is 2.28. The molecule has 4 aliphatic rings.